The number of pyridine rings is 1. The van der Waals surface area contributed by atoms with Gasteiger partial charge in [-0.1, -0.05) is 24.3 Å². The number of carbonyl (C=O) groups is 1. The topological polar surface area (TPSA) is 50.2 Å². The Kier molecular flexibility index (Phi) is 2.95. The highest BCUT2D eigenvalue weighted by atomic mass is 16.4. The first-order valence-electron chi connectivity index (χ1n) is 6.35. The second-order valence-corrected chi connectivity index (χ2v) is 4.71. The highest BCUT2D eigenvalue weighted by Gasteiger charge is 2.10. The molecular weight excluding hydrogens is 250 g/mol. The van der Waals surface area contributed by atoms with E-state index in [0.29, 0.717) is 5.56 Å². The Hall–Kier alpha value is -2.68. The predicted molar refractivity (Wildman–Crippen MR) is 78.9 cm³/mol. The van der Waals surface area contributed by atoms with Gasteiger partial charge in [0.15, 0.2) is 0 Å². The number of rotatable bonds is 2. The zero-order valence-corrected chi connectivity index (χ0v) is 11.0. The van der Waals surface area contributed by atoms with E-state index >= 15 is 0 Å². The maximum atomic E-state index is 11.1. The Labute approximate surface area is 116 Å². The molecule has 0 aliphatic rings. The van der Waals surface area contributed by atoms with E-state index in [-0.39, 0.29) is 0 Å². The van der Waals surface area contributed by atoms with Crippen molar-refractivity contribution in [1.29, 1.82) is 0 Å². The summed E-state index contributed by atoms with van der Waals surface area (Å²) >= 11 is 0. The number of aromatic nitrogens is 1. The molecule has 0 bridgehead atoms. The number of aromatic carboxylic acids is 1. The molecule has 1 N–H and O–H groups in total. The molecule has 0 radical (unpaired) electrons. The number of carboxylic acids is 1. The quantitative estimate of drug-likeness (QED) is 0.762. The van der Waals surface area contributed by atoms with Crippen molar-refractivity contribution >= 4 is 16.9 Å². The summed E-state index contributed by atoms with van der Waals surface area (Å²) in [6, 6.07) is 15.0. The average molecular weight is 263 g/mol. The number of hydrogen-bond acceptors (Lipinski definition) is 2. The van der Waals surface area contributed by atoms with Crippen molar-refractivity contribution < 1.29 is 9.90 Å². The highest BCUT2D eigenvalue weighted by molar-refractivity contribution is 5.97. The smallest absolute Gasteiger partial charge is 0.335 e. The van der Waals surface area contributed by atoms with Crippen LogP contribution in [0.15, 0.2) is 54.7 Å². The van der Waals surface area contributed by atoms with Crippen molar-refractivity contribution in [2.45, 2.75) is 6.92 Å². The minimum Gasteiger partial charge on any atom is -0.478 e. The first kappa shape index (κ1) is 12.4. The number of carboxylic acid groups (broad SMARTS) is 1. The van der Waals surface area contributed by atoms with E-state index in [0.717, 1.165) is 27.6 Å². The molecule has 0 fully saturated rings. The molecule has 0 aliphatic carbocycles. The van der Waals surface area contributed by atoms with Crippen molar-refractivity contribution in [3.63, 3.8) is 0 Å². The van der Waals surface area contributed by atoms with E-state index in [1.54, 1.807) is 18.3 Å². The predicted octanol–water partition coefficient (Wildman–Crippen LogP) is 3.91. The van der Waals surface area contributed by atoms with Gasteiger partial charge in [0.1, 0.15) is 0 Å². The summed E-state index contributed by atoms with van der Waals surface area (Å²) in [6.07, 6.45) is 1.76. The second kappa shape index (κ2) is 4.78. The largest absolute Gasteiger partial charge is 0.478 e. The van der Waals surface area contributed by atoms with Gasteiger partial charge in [0, 0.05) is 11.6 Å². The summed E-state index contributed by atoms with van der Waals surface area (Å²) in [5, 5.41) is 10.2. The minimum absolute atomic E-state index is 0.298. The zero-order chi connectivity index (χ0) is 14.1. The summed E-state index contributed by atoms with van der Waals surface area (Å²) in [4.78, 5) is 15.5. The Balaban J connectivity index is 2.30. The maximum absolute atomic E-state index is 11.1. The molecule has 20 heavy (non-hydrogen) atoms. The highest BCUT2D eigenvalue weighted by Crippen LogP contribution is 2.30. The number of fused-ring (bicyclic) bond motifs is 1. The van der Waals surface area contributed by atoms with Crippen LogP contribution < -0.4 is 0 Å². The molecule has 0 saturated heterocycles. The molecule has 0 atom stereocenters. The number of nitrogens with zero attached hydrogens (tertiary/aromatic N) is 1. The minimum atomic E-state index is -0.912. The van der Waals surface area contributed by atoms with E-state index in [9.17, 15) is 4.79 Å². The van der Waals surface area contributed by atoms with E-state index in [1.807, 2.05) is 43.3 Å². The molecule has 2 aromatic carbocycles. The third-order valence-corrected chi connectivity index (χ3v) is 3.42. The van der Waals surface area contributed by atoms with Crippen molar-refractivity contribution in [2.75, 3.05) is 0 Å². The first-order chi connectivity index (χ1) is 9.66. The van der Waals surface area contributed by atoms with Crippen LogP contribution in [0, 0.1) is 6.92 Å². The normalized spacial score (nSPS) is 10.7. The third kappa shape index (κ3) is 2.03. The molecular formula is C17H13NO2. The van der Waals surface area contributed by atoms with Gasteiger partial charge in [-0.2, -0.15) is 0 Å². The number of benzene rings is 2. The van der Waals surface area contributed by atoms with Crippen LogP contribution in [0.25, 0.3) is 22.0 Å². The lowest BCUT2D eigenvalue weighted by atomic mass is 9.95. The van der Waals surface area contributed by atoms with Gasteiger partial charge in [-0.25, -0.2) is 4.79 Å². The van der Waals surface area contributed by atoms with Crippen molar-refractivity contribution in [1.82, 2.24) is 4.98 Å². The Morgan fingerprint density at radius 2 is 1.90 bits per heavy atom. The Bertz CT molecular complexity index is 804. The fourth-order valence-corrected chi connectivity index (χ4v) is 2.38. The molecule has 3 nitrogen and oxygen atoms in total. The van der Waals surface area contributed by atoms with Crippen LogP contribution in [-0.2, 0) is 0 Å². The van der Waals surface area contributed by atoms with Gasteiger partial charge in [0.25, 0.3) is 0 Å². The second-order valence-electron chi connectivity index (χ2n) is 4.71. The van der Waals surface area contributed by atoms with Crippen LogP contribution in [0.1, 0.15) is 15.9 Å². The van der Waals surface area contributed by atoms with E-state index in [1.165, 1.54) is 0 Å². The molecule has 1 heterocycles. The fraction of sp³-hybridized carbons (Fsp3) is 0.0588. The van der Waals surface area contributed by atoms with Gasteiger partial charge in [-0.3, -0.25) is 4.98 Å². The molecule has 98 valence electrons. The lowest BCUT2D eigenvalue weighted by Gasteiger charge is -2.10. The fourth-order valence-electron chi connectivity index (χ4n) is 2.38. The first-order valence-corrected chi connectivity index (χ1v) is 6.35. The summed E-state index contributed by atoms with van der Waals surface area (Å²) in [5.41, 5.74) is 4.20. The van der Waals surface area contributed by atoms with Crippen molar-refractivity contribution in [3.8, 4) is 11.1 Å². The summed E-state index contributed by atoms with van der Waals surface area (Å²) in [7, 11) is 0. The SMILES string of the molecule is Cc1ccc(C(=O)O)cc1-c1cccc2ncccc12. The van der Waals surface area contributed by atoms with Crippen LogP contribution in [-0.4, -0.2) is 16.1 Å². The number of hydrogen-bond donors (Lipinski definition) is 1. The molecule has 0 aliphatic heterocycles. The van der Waals surface area contributed by atoms with Crippen LogP contribution in [0.3, 0.4) is 0 Å². The van der Waals surface area contributed by atoms with Crippen molar-refractivity contribution in [3.05, 3.63) is 65.9 Å². The summed E-state index contributed by atoms with van der Waals surface area (Å²) in [5.74, 6) is -0.912. The molecule has 3 rings (SSSR count). The molecule has 3 heteroatoms. The lowest BCUT2D eigenvalue weighted by Crippen LogP contribution is -1.97. The molecule has 0 saturated carbocycles. The molecule has 3 aromatic rings. The molecule has 0 unspecified atom stereocenters. The standard InChI is InChI=1S/C17H13NO2/c1-11-7-8-12(17(19)20)10-15(11)13-4-2-6-16-14(13)5-3-9-18-16/h2-10H,1H3,(H,19,20). The van der Waals surface area contributed by atoms with E-state index in [2.05, 4.69) is 4.98 Å². The summed E-state index contributed by atoms with van der Waals surface area (Å²) < 4.78 is 0. The Morgan fingerprint density at radius 1 is 1.05 bits per heavy atom. The monoisotopic (exact) mass is 263 g/mol. The van der Waals surface area contributed by atoms with Gasteiger partial charge in [0.05, 0.1) is 11.1 Å². The van der Waals surface area contributed by atoms with Gasteiger partial charge in [-0.15, -0.1) is 0 Å². The molecule has 0 spiro atoms. The van der Waals surface area contributed by atoms with Gasteiger partial charge in [0.2, 0.25) is 0 Å². The van der Waals surface area contributed by atoms with Gasteiger partial charge < -0.3 is 5.11 Å². The van der Waals surface area contributed by atoms with Crippen LogP contribution in [0.2, 0.25) is 0 Å². The van der Waals surface area contributed by atoms with Crippen LogP contribution in [0.4, 0.5) is 0 Å². The van der Waals surface area contributed by atoms with E-state index < -0.39 is 5.97 Å². The zero-order valence-electron chi connectivity index (χ0n) is 11.0. The summed E-state index contributed by atoms with van der Waals surface area (Å²) in [6.45, 7) is 1.98. The average Bonchev–Trinajstić information content (AvgIpc) is 2.47. The maximum Gasteiger partial charge on any atom is 0.335 e. The lowest BCUT2D eigenvalue weighted by molar-refractivity contribution is 0.0697. The molecule has 0 amide bonds. The Morgan fingerprint density at radius 3 is 2.70 bits per heavy atom. The van der Waals surface area contributed by atoms with Gasteiger partial charge in [-0.05, 0) is 47.9 Å². The number of aryl methyl sites for hydroxylation is 1. The van der Waals surface area contributed by atoms with Gasteiger partial charge >= 0.3 is 5.97 Å². The van der Waals surface area contributed by atoms with Crippen LogP contribution >= 0.6 is 0 Å². The van der Waals surface area contributed by atoms with Crippen molar-refractivity contribution in [2.24, 2.45) is 0 Å². The van der Waals surface area contributed by atoms with E-state index in [4.69, 9.17) is 5.11 Å². The molecule has 1 aromatic heterocycles. The van der Waals surface area contributed by atoms with Crippen LogP contribution in [0.5, 0.6) is 0 Å². The third-order valence-electron chi connectivity index (χ3n) is 3.42.